The van der Waals surface area contributed by atoms with Crippen LogP contribution in [0.5, 0.6) is 0 Å². The number of carbonyl (C=O) groups is 2. The minimum Gasteiger partial charge on any atom is -0.480 e. The van der Waals surface area contributed by atoms with E-state index in [1.165, 1.54) is 0 Å². The Morgan fingerprint density at radius 1 is 1.50 bits per heavy atom. The van der Waals surface area contributed by atoms with Gasteiger partial charge in [-0.1, -0.05) is 29.8 Å². The van der Waals surface area contributed by atoms with E-state index in [9.17, 15) is 14.7 Å². The fourth-order valence-electron chi connectivity index (χ4n) is 2.31. The van der Waals surface area contributed by atoms with Crippen LogP contribution in [0.15, 0.2) is 24.3 Å². The van der Waals surface area contributed by atoms with Crippen molar-refractivity contribution in [3.8, 4) is 0 Å². The molecular formula is C15H19NO4. The second kappa shape index (κ2) is 6.52. The molecule has 2 atom stereocenters. The van der Waals surface area contributed by atoms with Gasteiger partial charge in [0, 0.05) is 13.0 Å². The number of nitrogens with one attached hydrogen (secondary N) is 1. The lowest BCUT2D eigenvalue weighted by atomic mass is 10.0. The van der Waals surface area contributed by atoms with Crippen molar-refractivity contribution in [2.45, 2.75) is 25.8 Å². The van der Waals surface area contributed by atoms with Gasteiger partial charge >= 0.3 is 5.97 Å². The normalized spacial score (nSPS) is 19.6. The molecule has 0 unspecified atom stereocenters. The number of hydrogen-bond acceptors (Lipinski definition) is 3. The molecule has 0 aromatic heterocycles. The van der Waals surface area contributed by atoms with Crippen LogP contribution in [0.3, 0.4) is 0 Å². The van der Waals surface area contributed by atoms with Gasteiger partial charge in [-0.2, -0.15) is 0 Å². The third-order valence-corrected chi connectivity index (χ3v) is 3.44. The third-order valence-electron chi connectivity index (χ3n) is 3.44. The molecule has 0 spiro atoms. The minimum absolute atomic E-state index is 0.227. The summed E-state index contributed by atoms with van der Waals surface area (Å²) in [6.07, 6.45) is 0.943. The second-order valence-corrected chi connectivity index (χ2v) is 5.15. The molecule has 1 saturated heterocycles. The van der Waals surface area contributed by atoms with Crippen LogP contribution in [0.2, 0.25) is 0 Å². The van der Waals surface area contributed by atoms with E-state index in [4.69, 9.17) is 4.74 Å². The van der Waals surface area contributed by atoms with Gasteiger partial charge in [-0.05, 0) is 18.9 Å². The van der Waals surface area contributed by atoms with E-state index in [-0.39, 0.29) is 18.2 Å². The maximum atomic E-state index is 12.0. The van der Waals surface area contributed by atoms with Crippen molar-refractivity contribution in [3.63, 3.8) is 0 Å². The van der Waals surface area contributed by atoms with Crippen LogP contribution in [0.25, 0.3) is 0 Å². The minimum atomic E-state index is -1.02. The Labute approximate surface area is 117 Å². The maximum absolute atomic E-state index is 12.0. The van der Waals surface area contributed by atoms with Gasteiger partial charge in [0.05, 0.1) is 12.5 Å². The van der Waals surface area contributed by atoms with Crippen molar-refractivity contribution in [1.29, 1.82) is 0 Å². The van der Waals surface area contributed by atoms with Crippen molar-refractivity contribution < 1.29 is 19.4 Å². The zero-order valence-electron chi connectivity index (χ0n) is 11.5. The van der Waals surface area contributed by atoms with Crippen LogP contribution in [0, 0.1) is 12.8 Å². The van der Waals surface area contributed by atoms with E-state index in [2.05, 4.69) is 5.32 Å². The Kier molecular flexibility index (Phi) is 4.74. The fraction of sp³-hybridized carbons (Fsp3) is 0.467. The van der Waals surface area contributed by atoms with Crippen molar-refractivity contribution in [2.24, 2.45) is 5.92 Å². The van der Waals surface area contributed by atoms with Crippen LogP contribution in [0.1, 0.15) is 17.5 Å². The van der Waals surface area contributed by atoms with E-state index >= 15 is 0 Å². The highest BCUT2D eigenvalue weighted by Crippen LogP contribution is 2.13. The zero-order chi connectivity index (χ0) is 14.5. The van der Waals surface area contributed by atoms with Crippen LogP contribution in [-0.2, 0) is 20.7 Å². The Hall–Kier alpha value is -1.88. The molecule has 1 aliphatic heterocycles. The number of aryl methyl sites for hydroxylation is 1. The summed E-state index contributed by atoms with van der Waals surface area (Å²) in [5.41, 5.74) is 1.97. The smallest absolute Gasteiger partial charge is 0.326 e. The quantitative estimate of drug-likeness (QED) is 0.846. The Bertz CT molecular complexity index is 494. The number of carboxylic acid groups (broad SMARTS) is 1. The van der Waals surface area contributed by atoms with Gasteiger partial charge < -0.3 is 15.2 Å². The van der Waals surface area contributed by atoms with Gasteiger partial charge in [0.1, 0.15) is 6.04 Å². The number of aliphatic carboxylic acids is 1. The highest BCUT2D eigenvalue weighted by molar-refractivity contribution is 5.85. The number of hydrogen-bond donors (Lipinski definition) is 2. The summed E-state index contributed by atoms with van der Waals surface area (Å²) < 4.78 is 5.15. The predicted octanol–water partition coefficient (Wildman–Crippen LogP) is 1.14. The largest absolute Gasteiger partial charge is 0.480 e. The van der Waals surface area contributed by atoms with Gasteiger partial charge in [0.25, 0.3) is 0 Å². The maximum Gasteiger partial charge on any atom is 0.326 e. The molecule has 1 aliphatic rings. The molecule has 2 rings (SSSR count). The van der Waals surface area contributed by atoms with E-state index < -0.39 is 12.0 Å². The average molecular weight is 277 g/mol. The van der Waals surface area contributed by atoms with E-state index in [1.54, 1.807) is 0 Å². The van der Waals surface area contributed by atoms with E-state index in [0.29, 0.717) is 19.6 Å². The van der Waals surface area contributed by atoms with Gasteiger partial charge in [-0.3, -0.25) is 4.79 Å². The summed E-state index contributed by atoms with van der Waals surface area (Å²) in [6.45, 7) is 2.89. The molecule has 1 aromatic rings. The molecule has 0 radical (unpaired) electrons. The summed E-state index contributed by atoms with van der Waals surface area (Å²) in [5, 5.41) is 11.9. The molecule has 5 nitrogen and oxygen atoms in total. The summed E-state index contributed by atoms with van der Waals surface area (Å²) in [4.78, 5) is 23.3. The van der Waals surface area contributed by atoms with E-state index in [0.717, 1.165) is 11.1 Å². The monoisotopic (exact) mass is 277 g/mol. The molecular weight excluding hydrogens is 258 g/mol. The van der Waals surface area contributed by atoms with Crippen molar-refractivity contribution in [1.82, 2.24) is 5.32 Å². The number of amides is 1. The lowest BCUT2D eigenvalue weighted by Gasteiger charge is -2.17. The lowest BCUT2D eigenvalue weighted by molar-refractivity contribution is -0.142. The standard InChI is InChI=1S/C15H19NO4/c1-10-3-2-4-11(7-10)8-13(15(18)19)16-14(17)12-5-6-20-9-12/h2-4,7,12-13H,5-6,8-9H2,1H3,(H,16,17)(H,18,19)/t12-,13-/m1/s1. The molecule has 0 saturated carbocycles. The molecule has 5 heteroatoms. The highest BCUT2D eigenvalue weighted by atomic mass is 16.5. The van der Waals surface area contributed by atoms with Crippen LogP contribution < -0.4 is 5.32 Å². The first-order chi connectivity index (χ1) is 9.56. The number of carboxylic acids is 1. The Morgan fingerprint density at radius 3 is 2.90 bits per heavy atom. The van der Waals surface area contributed by atoms with Crippen molar-refractivity contribution in [2.75, 3.05) is 13.2 Å². The summed E-state index contributed by atoms with van der Waals surface area (Å²) in [6, 6.07) is 6.74. The van der Waals surface area contributed by atoms with Crippen molar-refractivity contribution >= 4 is 11.9 Å². The number of ether oxygens (including phenoxy) is 1. The first-order valence-electron chi connectivity index (χ1n) is 6.72. The van der Waals surface area contributed by atoms with Gasteiger partial charge in [-0.15, -0.1) is 0 Å². The topological polar surface area (TPSA) is 75.6 Å². The molecule has 0 bridgehead atoms. The van der Waals surface area contributed by atoms with Crippen molar-refractivity contribution in [3.05, 3.63) is 35.4 Å². The van der Waals surface area contributed by atoms with Gasteiger partial charge in [-0.25, -0.2) is 4.79 Å². The van der Waals surface area contributed by atoms with Crippen LogP contribution in [0.4, 0.5) is 0 Å². The first-order valence-corrected chi connectivity index (χ1v) is 6.72. The molecule has 0 aliphatic carbocycles. The fourth-order valence-corrected chi connectivity index (χ4v) is 2.31. The summed E-state index contributed by atoms with van der Waals surface area (Å²) in [7, 11) is 0. The SMILES string of the molecule is Cc1cccc(C[C@@H](NC(=O)[C@@H]2CCOC2)C(=O)O)c1. The Morgan fingerprint density at radius 2 is 2.30 bits per heavy atom. The molecule has 1 aromatic carbocycles. The van der Waals surface area contributed by atoms with Gasteiger partial charge in [0.15, 0.2) is 0 Å². The molecule has 1 amide bonds. The number of benzene rings is 1. The Balaban J connectivity index is 2.00. The highest BCUT2D eigenvalue weighted by Gasteiger charge is 2.28. The zero-order valence-corrected chi connectivity index (χ0v) is 11.5. The lowest BCUT2D eigenvalue weighted by Crippen LogP contribution is -2.45. The van der Waals surface area contributed by atoms with Gasteiger partial charge in [0.2, 0.25) is 5.91 Å². The number of rotatable bonds is 5. The van der Waals surface area contributed by atoms with Crippen LogP contribution >= 0.6 is 0 Å². The second-order valence-electron chi connectivity index (χ2n) is 5.15. The first kappa shape index (κ1) is 14.5. The molecule has 1 fully saturated rings. The summed E-state index contributed by atoms with van der Waals surface area (Å²) in [5.74, 6) is -1.48. The van der Waals surface area contributed by atoms with Crippen LogP contribution in [-0.4, -0.2) is 36.2 Å². The van der Waals surface area contributed by atoms with E-state index in [1.807, 2.05) is 31.2 Å². The molecule has 20 heavy (non-hydrogen) atoms. The average Bonchev–Trinajstić information content (AvgIpc) is 2.91. The molecule has 1 heterocycles. The third kappa shape index (κ3) is 3.81. The number of carbonyl (C=O) groups excluding carboxylic acids is 1. The summed E-state index contributed by atoms with van der Waals surface area (Å²) >= 11 is 0. The molecule has 2 N–H and O–H groups in total. The predicted molar refractivity (Wildman–Crippen MR) is 73.4 cm³/mol. The molecule has 108 valence electrons.